The van der Waals surface area contributed by atoms with E-state index in [0.717, 1.165) is 5.56 Å². The summed E-state index contributed by atoms with van der Waals surface area (Å²) in [4.78, 5) is 12.5. The molecule has 0 aromatic heterocycles. The number of anilines is 1. The van der Waals surface area contributed by atoms with Crippen LogP contribution in [0.2, 0.25) is 0 Å². The van der Waals surface area contributed by atoms with Crippen LogP contribution >= 0.6 is 0 Å². The van der Waals surface area contributed by atoms with E-state index in [9.17, 15) is 4.79 Å². The van der Waals surface area contributed by atoms with E-state index in [4.69, 9.17) is 9.84 Å². The molecular weight excluding hydrogens is 280 g/mol. The lowest BCUT2D eigenvalue weighted by Crippen LogP contribution is -2.34. The summed E-state index contributed by atoms with van der Waals surface area (Å²) in [5, 5.41) is 14.9. The zero-order valence-electron chi connectivity index (χ0n) is 12.5. The van der Waals surface area contributed by atoms with Gasteiger partial charge in [0, 0.05) is 18.3 Å². The Bertz CT molecular complexity index is 602. The lowest BCUT2D eigenvalue weighted by Gasteiger charge is -2.18. The number of aliphatic hydroxyl groups is 1. The summed E-state index contributed by atoms with van der Waals surface area (Å²) in [5.74, 6) is 0.491. The smallest absolute Gasteiger partial charge is 0.246 e. The molecule has 0 aliphatic rings. The molecule has 116 valence electrons. The highest BCUT2D eigenvalue weighted by Gasteiger charge is 2.19. The van der Waals surface area contributed by atoms with E-state index in [1.54, 1.807) is 19.2 Å². The second kappa shape index (κ2) is 8.17. The van der Waals surface area contributed by atoms with Crippen molar-refractivity contribution in [3.8, 4) is 5.75 Å². The third-order valence-corrected chi connectivity index (χ3v) is 3.19. The van der Waals surface area contributed by atoms with Gasteiger partial charge in [0.1, 0.15) is 11.8 Å². The van der Waals surface area contributed by atoms with Crippen LogP contribution in [-0.2, 0) is 4.79 Å². The normalized spacial score (nSPS) is 11.7. The van der Waals surface area contributed by atoms with Crippen molar-refractivity contribution in [2.45, 2.75) is 6.04 Å². The minimum absolute atomic E-state index is 0.0320. The topological polar surface area (TPSA) is 70.6 Å². The van der Waals surface area contributed by atoms with Crippen molar-refractivity contribution < 1.29 is 14.6 Å². The Morgan fingerprint density at radius 2 is 1.95 bits per heavy atom. The number of carbonyl (C=O) groups excluding carboxylic acids is 1. The predicted octanol–water partition coefficient (Wildman–Crippen LogP) is 1.96. The molecule has 1 unspecified atom stereocenters. The number of nitrogens with one attached hydrogen (secondary N) is 2. The molecule has 0 spiro atoms. The van der Waals surface area contributed by atoms with Gasteiger partial charge in [-0.05, 0) is 17.7 Å². The molecule has 3 N–H and O–H groups in total. The van der Waals surface area contributed by atoms with Gasteiger partial charge in [-0.2, -0.15) is 0 Å². The van der Waals surface area contributed by atoms with E-state index in [0.29, 0.717) is 18.0 Å². The molecule has 5 nitrogen and oxygen atoms in total. The van der Waals surface area contributed by atoms with Crippen molar-refractivity contribution >= 4 is 11.6 Å². The van der Waals surface area contributed by atoms with Crippen LogP contribution in [0.25, 0.3) is 0 Å². The van der Waals surface area contributed by atoms with Crippen molar-refractivity contribution in [3.05, 3.63) is 60.2 Å². The Balaban J connectivity index is 2.14. The molecule has 2 aromatic carbocycles. The van der Waals surface area contributed by atoms with E-state index < -0.39 is 6.04 Å². The van der Waals surface area contributed by atoms with Crippen LogP contribution in [0.1, 0.15) is 11.6 Å². The Morgan fingerprint density at radius 3 is 2.64 bits per heavy atom. The molecule has 22 heavy (non-hydrogen) atoms. The summed E-state index contributed by atoms with van der Waals surface area (Å²) in [6.07, 6.45) is 0. The fourth-order valence-electron chi connectivity index (χ4n) is 2.13. The van der Waals surface area contributed by atoms with Crippen LogP contribution in [-0.4, -0.2) is 31.3 Å². The molecule has 0 fully saturated rings. The summed E-state index contributed by atoms with van der Waals surface area (Å²) >= 11 is 0. The monoisotopic (exact) mass is 300 g/mol. The number of carbonyl (C=O) groups is 1. The molecule has 0 aliphatic carbocycles. The average Bonchev–Trinajstić information content (AvgIpc) is 2.56. The average molecular weight is 300 g/mol. The molecule has 1 atom stereocenters. The minimum atomic E-state index is -0.528. The van der Waals surface area contributed by atoms with E-state index in [-0.39, 0.29) is 12.5 Å². The second-order valence-corrected chi connectivity index (χ2v) is 4.74. The first kappa shape index (κ1) is 16.0. The number of hydrogen-bond acceptors (Lipinski definition) is 4. The number of methoxy groups -OCH3 is 1. The third kappa shape index (κ3) is 4.31. The minimum Gasteiger partial charge on any atom is -0.497 e. The first-order valence-electron chi connectivity index (χ1n) is 7.08. The van der Waals surface area contributed by atoms with Crippen molar-refractivity contribution in [1.29, 1.82) is 0 Å². The van der Waals surface area contributed by atoms with Crippen LogP contribution in [0.4, 0.5) is 5.69 Å². The van der Waals surface area contributed by atoms with Gasteiger partial charge in [-0.3, -0.25) is 10.1 Å². The van der Waals surface area contributed by atoms with Crippen LogP contribution in [0.5, 0.6) is 5.75 Å². The third-order valence-electron chi connectivity index (χ3n) is 3.19. The zero-order valence-corrected chi connectivity index (χ0v) is 12.5. The number of aliphatic hydroxyl groups excluding tert-OH is 1. The highest BCUT2D eigenvalue weighted by Crippen LogP contribution is 2.19. The number of amides is 1. The van der Waals surface area contributed by atoms with E-state index in [1.165, 1.54) is 0 Å². The van der Waals surface area contributed by atoms with Crippen molar-refractivity contribution in [1.82, 2.24) is 5.32 Å². The highest BCUT2D eigenvalue weighted by atomic mass is 16.5. The van der Waals surface area contributed by atoms with Crippen LogP contribution < -0.4 is 15.4 Å². The van der Waals surface area contributed by atoms with Gasteiger partial charge in [0.25, 0.3) is 0 Å². The molecular formula is C17H20N2O3. The lowest BCUT2D eigenvalue weighted by molar-refractivity contribution is -0.118. The van der Waals surface area contributed by atoms with E-state index >= 15 is 0 Å². The molecule has 0 heterocycles. The fraction of sp³-hybridized carbons (Fsp3) is 0.235. The summed E-state index contributed by atoms with van der Waals surface area (Å²) in [6.45, 7) is 0.306. The largest absolute Gasteiger partial charge is 0.497 e. The molecule has 5 heteroatoms. The van der Waals surface area contributed by atoms with Gasteiger partial charge < -0.3 is 15.2 Å². The van der Waals surface area contributed by atoms with Gasteiger partial charge in [-0.1, -0.05) is 36.4 Å². The van der Waals surface area contributed by atoms with Gasteiger partial charge in [0.2, 0.25) is 5.91 Å². The summed E-state index contributed by atoms with van der Waals surface area (Å²) in [6, 6.07) is 16.1. The van der Waals surface area contributed by atoms with Crippen molar-refractivity contribution in [2.24, 2.45) is 0 Å². The van der Waals surface area contributed by atoms with Gasteiger partial charge in [0.05, 0.1) is 13.7 Å². The molecule has 0 radical (unpaired) electrons. The Kier molecular flexibility index (Phi) is 5.94. The summed E-state index contributed by atoms with van der Waals surface area (Å²) in [7, 11) is 1.58. The Morgan fingerprint density at radius 1 is 1.18 bits per heavy atom. The van der Waals surface area contributed by atoms with Crippen LogP contribution in [0.15, 0.2) is 54.6 Å². The second-order valence-electron chi connectivity index (χ2n) is 4.74. The SMILES string of the molecule is COc1cccc(NC(=O)C(NCCO)c2ccccc2)c1. The zero-order chi connectivity index (χ0) is 15.8. The first-order chi connectivity index (χ1) is 10.7. The molecule has 0 aliphatic heterocycles. The van der Waals surface area contributed by atoms with Gasteiger partial charge in [0.15, 0.2) is 0 Å². The van der Waals surface area contributed by atoms with E-state index in [1.807, 2.05) is 42.5 Å². The standard InChI is InChI=1S/C17H20N2O3/c1-22-15-9-5-8-14(12-15)19-17(21)16(18-10-11-20)13-6-3-2-4-7-13/h2-9,12,16,18,20H,10-11H2,1H3,(H,19,21). The summed E-state index contributed by atoms with van der Waals surface area (Å²) < 4.78 is 5.15. The lowest BCUT2D eigenvalue weighted by atomic mass is 10.1. The summed E-state index contributed by atoms with van der Waals surface area (Å²) in [5.41, 5.74) is 1.51. The number of hydrogen-bond donors (Lipinski definition) is 3. The van der Waals surface area contributed by atoms with Crippen LogP contribution in [0, 0.1) is 0 Å². The Hall–Kier alpha value is -2.37. The molecule has 0 bridgehead atoms. The predicted molar refractivity (Wildman–Crippen MR) is 85.9 cm³/mol. The van der Waals surface area contributed by atoms with Gasteiger partial charge in [-0.25, -0.2) is 0 Å². The maximum Gasteiger partial charge on any atom is 0.246 e. The molecule has 0 saturated carbocycles. The van der Waals surface area contributed by atoms with Gasteiger partial charge in [-0.15, -0.1) is 0 Å². The fourth-order valence-corrected chi connectivity index (χ4v) is 2.13. The number of benzene rings is 2. The molecule has 2 rings (SSSR count). The highest BCUT2D eigenvalue weighted by molar-refractivity contribution is 5.95. The van der Waals surface area contributed by atoms with Gasteiger partial charge >= 0.3 is 0 Å². The molecule has 2 aromatic rings. The van der Waals surface area contributed by atoms with E-state index in [2.05, 4.69) is 10.6 Å². The number of ether oxygens (including phenoxy) is 1. The molecule has 0 saturated heterocycles. The van der Waals surface area contributed by atoms with Crippen molar-refractivity contribution in [3.63, 3.8) is 0 Å². The van der Waals surface area contributed by atoms with Crippen LogP contribution in [0.3, 0.4) is 0 Å². The quantitative estimate of drug-likeness (QED) is 0.731. The maximum absolute atomic E-state index is 12.5. The van der Waals surface area contributed by atoms with Crippen molar-refractivity contribution in [2.75, 3.05) is 25.6 Å². The maximum atomic E-state index is 12.5. The number of rotatable bonds is 7. The molecule has 1 amide bonds. The Labute approximate surface area is 129 Å². The first-order valence-corrected chi connectivity index (χ1v) is 7.08.